The van der Waals surface area contributed by atoms with Crippen molar-refractivity contribution in [3.63, 3.8) is 0 Å². The predicted octanol–water partition coefficient (Wildman–Crippen LogP) is 2.75. The van der Waals surface area contributed by atoms with Crippen molar-refractivity contribution >= 4 is 28.8 Å². The summed E-state index contributed by atoms with van der Waals surface area (Å²) in [5, 5.41) is 4.76. The number of benzene rings is 1. The third-order valence-electron chi connectivity index (χ3n) is 2.54. The van der Waals surface area contributed by atoms with Gasteiger partial charge in [0.1, 0.15) is 16.1 Å². The average Bonchev–Trinajstić information content (AvgIpc) is 2.97. The molecular formula is C13H13ClN2O2S. The summed E-state index contributed by atoms with van der Waals surface area (Å²) in [5.74, 6) is 0.498. The van der Waals surface area contributed by atoms with Gasteiger partial charge >= 0.3 is 0 Å². The van der Waals surface area contributed by atoms with Crippen molar-refractivity contribution in [3.05, 3.63) is 46.4 Å². The lowest BCUT2D eigenvalue weighted by atomic mass is 10.1. The van der Waals surface area contributed by atoms with Gasteiger partial charge in [0, 0.05) is 11.6 Å². The van der Waals surface area contributed by atoms with Crippen molar-refractivity contribution in [2.24, 2.45) is 0 Å². The maximum absolute atomic E-state index is 11.9. The Bertz CT molecular complexity index is 528. The smallest absolute Gasteiger partial charge is 0.242 e. The highest BCUT2D eigenvalue weighted by Crippen LogP contribution is 2.23. The number of nitrogens with zero attached hydrogens (tertiary/aromatic N) is 1. The Morgan fingerprint density at radius 1 is 1.47 bits per heavy atom. The molecule has 1 aromatic carbocycles. The molecule has 100 valence electrons. The van der Waals surface area contributed by atoms with E-state index < -0.39 is 5.38 Å². The summed E-state index contributed by atoms with van der Waals surface area (Å²) in [6.07, 6.45) is 1.70. The predicted molar refractivity (Wildman–Crippen MR) is 75.5 cm³/mol. The van der Waals surface area contributed by atoms with E-state index >= 15 is 0 Å². The Labute approximate surface area is 120 Å². The molecule has 19 heavy (non-hydrogen) atoms. The van der Waals surface area contributed by atoms with E-state index in [9.17, 15) is 4.79 Å². The van der Waals surface area contributed by atoms with E-state index in [4.69, 9.17) is 16.3 Å². The summed E-state index contributed by atoms with van der Waals surface area (Å²) in [6.45, 7) is 0.399. The Balaban J connectivity index is 1.94. The maximum atomic E-state index is 11.9. The summed E-state index contributed by atoms with van der Waals surface area (Å²) in [4.78, 5) is 16.0. The number of methoxy groups -OCH3 is 1. The standard InChI is InChI=1S/C13H13ClN2O2S/c1-18-10-4-2-9(3-5-10)12(14)13(17)16-8-11-15-6-7-19-11/h2-7,12H,8H2,1H3,(H,16,17). The molecule has 4 nitrogen and oxygen atoms in total. The van der Waals surface area contributed by atoms with E-state index in [1.807, 2.05) is 5.38 Å². The Morgan fingerprint density at radius 3 is 2.79 bits per heavy atom. The minimum atomic E-state index is -0.717. The first-order chi connectivity index (χ1) is 9.20. The quantitative estimate of drug-likeness (QED) is 0.863. The van der Waals surface area contributed by atoms with Crippen LogP contribution in [0.3, 0.4) is 0 Å². The third kappa shape index (κ3) is 3.68. The van der Waals surface area contributed by atoms with Crippen LogP contribution in [0.4, 0.5) is 0 Å². The van der Waals surface area contributed by atoms with Crippen LogP contribution in [0.15, 0.2) is 35.8 Å². The van der Waals surface area contributed by atoms with Crippen LogP contribution in [-0.4, -0.2) is 18.0 Å². The van der Waals surface area contributed by atoms with Gasteiger partial charge in [0.15, 0.2) is 0 Å². The molecule has 2 aromatic rings. The van der Waals surface area contributed by atoms with Crippen LogP contribution in [0.25, 0.3) is 0 Å². The van der Waals surface area contributed by atoms with Crippen LogP contribution in [0.1, 0.15) is 15.9 Å². The second-order valence-corrected chi connectivity index (χ2v) is 5.19. The molecule has 0 aliphatic heterocycles. The molecule has 1 amide bonds. The molecule has 1 atom stereocenters. The second kappa shape index (κ2) is 6.54. The molecule has 0 fully saturated rings. The average molecular weight is 297 g/mol. The van der Waals surface area contributed by atoms with Crippen LogP contribution < -0.4 is 10.1 Å². The third-order valence-corrected chi connectivity index (χ3v) is 3.77. The van der Waals surface area contributed by atoms with Crippen LogP contribution in [0.5, 0.6) is 5.75 Å². The van der Waals surface area contributed by atoms with Crippen molar-refractivity contribution < 1.29 is 9.53 Å². The normalized spacial score (nSPS) is 11.9. The summed E-state index contributed by atoms with van der Waals surface area (Å²) in [7, 11) is 1.59. The van der Waals surface area contributed by atoms with Gasteiger partial charge in [0.05, 0.1) is 13.7 Å². The highest BCUT2D eigenvalue weighted by Gasteiger charge is 2.17. The summed E-state index contributed by atoms with van der Waals surface area (Å²) in [5.41, 5.74) is 0.735. The van der Waals surface area contributed by atoms with Crippen LogP contribution in [-0.2, 0) is 11.3 Å². The van der Waals surface area contributed by atoms with Gasteiger partial charge in [-0.1, -0.05) is 12.1 Å². The number of thiazole rings is 1. The van der Waals surface area contributed by atoms with E-state index in [2.05, 4.69) is 10.3 Å². The van der Waals surface area contributed by atoms with Crippen molar-refractivity contribution in [2.75, 3.05) is 7.11 Å². The summed E-state index contributed by atoms with van der Waals surface area (Å²) < 4.78 is 5.06. The molecule has 6 heteroatoms. The van der Waals surface area contributed by atoms with Crippen molar-refractivity contribution in [1.29, 1.82) is 0 Å². The Kier molecular flexibility index (Phi) is 4.76. The number of hydrogen-bond acceptors (Lipinski definition) is 4. The van der Waals surface area contributed by atoms with Gasteiger partial charge < -0.3 is 10.1 Å². The van der Waals surface area contributed by atoms with Gasteiger partial charge in [-0.2, -0.15) is 0 Å². The van der Waals surface area contributed by atoms with E-state index in [-0.39, 0.29) is 5.91 Å². The fourth-order valence-corrected chi connectivity index (χ4v) is 2.30. The lowest BCUT2D eigenvalue weighted by molar-refractivity contribution is -0.121. The highest BCUT2D eigenvalue weighted by atomic mass is 35.5. The highest BCUT2D eigenvalue weighted by molar-refractivity contribution is 7.09. The summed E-state index contributed by atoms with van der Waals surface area (Å²) >= 11 is 7.61. The zero-order valence-electron chi connectivity index (χ0n) is 10.3. The monoisotopic (exact) mass is 296 g/mol. The molecule has 0 saturated carbocycles. The molecule has 1 N–H and O–H groups in total. The number of rotatable bonds is 5. The molecule has 0 aliphatic rings. The zero-order valence-corrected chi connectivity index (χ0v) is 11.9. The Hall–Kier alpha value is -1.59. The van der Waals surface area contributed by atoms with Crippen molar-refractivity contribution in [3.8, 4) is 5.75 Å². The van der Waals surface area contributed by atoms with Gasteiger partial charge in [-0.15, -0.1) is 22.9 Å². The second-order valence-electron chi connectivity index (χ2n) is 3.78. The fourth-order valence-electron chi connectivity index (χ4n) is 1.52. The van der Waals surface area contributed by atoms with Crippen LogP contribution >= 0.6 is 22.9 Å². The molecule has 0 bridgehead atoms. The van der Waals surface area contributed by atoms with Crippen molar-refractivity contribution in [1.82, 2.24) is 10.3 Å². The van der Waals surface area contributed by atoms with E-state index in [1.165, 1.54) is 11.3 Å². The number of ether oxygens (including phenoxy) is 1. The Morgan fingerprint density at radius 2 is 2.21 bits per heavy atom. The molecule has 0 saturated heterocycles. The number of amides is 1. The number of hydrogen-bond donors (Lipinski definition) is 1. The molecule has 0 spiro atoms. The molecule has 1 aromatic heterocycles. The van der Waals surface area contributed by atoms with Crippen LogP contribution in [0, 0.1) is 0 Å². The largest absolute Gasteiger partial charge is 0.497 e. The number of halogens is 1. The fraction of sp³-hybridized carbons (Fsp3) is 0.231. The van der Waals surface area contributed by atoms with Gasteiger partial charge in [-0.3, -0.25) is 4.79 Å². The number of nitrogens with one attached hydrogen (secondary N) is 1. The number of carbonyl (C=O) groups excluding carboxylic acids is 1. The first-order valence-electron chi connectivity index (χ1n) is 5.65. The molecular weight excluding hydrogens is 284 g/mol. The number of alkyl halides is 1. The van der Waals surface area contributed by atoms with Crippen molar-refractivity contribution in [2.45, 2.75) is 11.9 Å². The molecule has 0 radical (unpaired) electrons. The van der Waals surface area contributed by atoms with Gasteiger partial charge in [-0.25, -0.2) is 4.98 Å². The molecule has 0 aliphatic carbocycles. The first kappa shape index (κ1) is 13.8. The lowest BCUT2D eigenvalue weighted by Gasteiger charge is -2.10. The number of carbonyl (C=O) groups is 1. The molecule has 1 unspecified atom stereocenters. The molecule has 2 rings (SSSR count). The van der Waals surface area contributed by atoms with E-state index in [0.29, 0.717) is 6.54 Å². The minimum absolute atomic E-state index is 0.234. The van der Waals surface area contributed by atoms with Gasteiger partial charge in [0.2, 0.25) is 5.91 Å². The zero-order chi connectivity index (χ0) is 13.7. The van der Waals surface area contributed by atoms with E-state index in [0.717, 1.165) is 16.3 Å². The SMILES string of the molecule is COc1ccc(C(Cl)C(=O)NCc2nccs2)cc1. The van der Waals surface area contributed by atoms with Gasteiger partial charge in [-0.05, 0) is 17.7 Å². The molecule has 1 heterocycles. The topological polar surface area (TPSA) is 51.2 Å². The van der Waals surface area contributed by atoms with Crippen LogP contribution in [0.2, 0.25) is 0 Å². The maximum Gasteiger partial charge on any atom is 0.242 e. The van der Waals surface area contributed by atoms with E-state index in [1.54, 1.807) is 37.6 Å². The minimum Gasteiger partial charge on any atom is -0.497 e. The first-order valence-corrected chi connectivity index (χ1v) is 6.96. The lowest BCUT2D eigenvalue weighted by Crippen LogP contribution is -2.26. The number of aromatic nitrogens is 1. The van der Waals surface area contributed by atoms with Gasteiger partial charge in [0.25, 0.3) is 0 Å². The summed E-state index contributed by atoms with van der Waals surface area (Å²) in [6, 6.07) is 7.11.